The lowest BCUT2D eigenvalue weighted by molar-refractivity contribution is 0.188. The largest absolute Gasteiger partial charge is 0.493 e. The van der Waals surface area contributed by atoms with Crippen LogP contribution in [0.5, 0.6) is 17.2 Å². The van der Waals surface area contributed by atoms with Gasteiger partial charge >= 0.3 is 0 Å². The van der Waals surface area contributed by atoms with E-state index >= 15 is 0 Å². The zero-order chi connectivity index (χ0) is 29.0. The van der Waals surface area contributed by atoms with E-state index in [1.54, 1.807) is 21.3 Å². The van der Waals surface area contributed by atoms with Crippen LogP contribution >= 0.6 is 0 Å². The Kier molecular flexibility index (Phi) is 9.09. The Bertz CT molecular complexity index is 1360. The van der Waals surface area contributed by atoms with E-state index < -0.39 is 5.41 Å². The first-order valence-corrected chi connectivity index (χ1v) is 15.1. The molecule has 2 heterocycles. The Morgan fingerprint density at radius 2 is 1.66 bits per heavy atom. The van der Waals surface area contributed by atoms with E-state index in [1.165, 1.54) is 37.0 Å². The van der Waals surface area contributed by atoms with Crippen molar-refractivity contribution in [1.29, 1.82) is 5.26 Å². The quantitative estimate of drug-likeness (QED) is 0.250. The van der Waals surface area contributed by atoms with E-state index in [1.807, 2.05) is 25.1 Å². The fourth-order valence-corrected chi connectivity index (χ4v) is 7.48. The molecule has 1 aromatic heterocycles. The number of halogens is 1. The molecule has 1 saturated carbocycles. The lowest BCUT2D eigenvalue weighted by atomic mass is 9.63. The number of benzene rings is 2. The number of fused-ring (bicyclic) bond motifs is 1. The molecule has 1 unspecified atom stereocenters. The molecule has 2 fully saturated rings. The molecule has 0 N–H and O–H groups in total. The molecule has 1 saturated heterocycles. The van der Waals surface area contributed by atoms with Gasteiger partial charge in [-0.1, -0.05) is 19.3 Å². The molecule has 2 aliphatic rings. The summed E-state index contributed by atoms with van der Waals surface area (Å²) in [6.45, 7) is 4.97. The number of nitrogens with zero attached hydrogens (tertiary/aromatic N) is 2. The van der Waals surface area contributed by atoms with Gasteiger partial charge in [-0.25, -0.2) is 4.39 Å². The van der Waals surface area contributed by atoms with Crippen molar-refractivity contribution in [2.24, 2.45) is 5.92 Å². The highest BCUT2D eigenvalue weighted by Gasteiger charge is 2.42. The smallest absolute Gasteiger partial charge is 0.203 e. The summed E-state index contributed by atoms with van der Waals surface area (Å²) in [4.78, 5) is 2.53. The van der Waals surface area contributed by atoms with Gasteiger partial charge < -0.3 is 23.5 Å². The number of ether oxygens (including phenoxy) is 3. The molecule has 1 atom stereocenters. The van der Waals surface area contributed by atoms with Crippen LogP contribution in [0.1, 0.15) is 80.6 Å². The number of hydrogen-bond donors (Lipinski definition) is 0. The summed E-state index contributed by atoms with van der Waals surface area (Å²) in [6, 6.07) is 11.7. The third-order valence-corrected chi connectivity index (χ3v) is 9.60. The predicted molar refractivity (Wildman–Crippen MR) is 159 cm³/mol. The average Bonchev–Trinajstić information content (AvgIpc) is 3.33. The van der Waals surface area contributed by atoms with Gasteiger partial charge in [0.05, 0.1) is 32.8 Å². The fraction of sp³-hybridized carbons (Fsp3) is 0.559. The summed E-state index contributed by atoms with van der Waals surface area (Å²) in [5.41, 5.74) is 2.25. The first-order valence-electron chi connectivity index (χ1n) is 15.1. The molecule has 3 aromatic rings. The van der Waals surface area contributed by atoms with Gasteiger partial charge in [0, 0.05) is 17.0 Å². The van der Waals surface area contributed by atoms with Crippen LogP contribution in [0.3, 0.4) is 0 Å². The summed E-state index contributed by atoms with van der Waals surface area (Å²) in [5.74, 6) is 3.12. The molecule has 7 heteroatoms. The second kappa shape index (κ2) is 12.7. The molecular formula is C34H43FN2O4. The topological polar surface area (TPSA) is 67.9 Å². The van der Waals surface area contributed by atoms with Crippen LogP contribution in [0.4, 0.5) is 4.39 Å². The van der Waals surface area contributed by atoms with Gasteiger partial charge in [0.25, 0.3) is 0 Å². The standard InChI is InChI=1S/C34H43FN2O4/c1-23-32(28-12-11-27(35)21-29(28)41-23)24-13-17-37(18-14-24)16-8-15-34(22-36,25-9-6-5-7-10-25)26-19-30(38-2)33(40-4)31(20-26)39-3/h11-12,19-21,24-25H,5-10,13-18H2,1-4H3. The molecule has 41 heavy (non-hydrogen) atoms. The normalized spacial score (nSPS) is 18.6. The lowest BCUT2D eigenvalue weighted by Crippen LogP contribution is -2.38. The maximum absolute atomic E-state index is 13.7. The van der Waals surface area contributed by atoms with E-state index in [2.05, 4.69) is 11.0 Å². The maximum Gasteiger partial charge on any atom is 0.203 e. The highest BCUT2D eigenvalue weighted by molar-refractivity contribution is 5.83. The van der Waals surface area contributed by atoms with Crippen LogP contribution in [-0.4, -0.2) is 45.9 Å². The zero-order valence-electron chi connectivity index (χ0n) is 24.9. The number of furan rings is 1. The maximum atomic E-state index is 13.7. The number of likely N-dealkylation sites (tertiary alicyclic amines) is 1. The van der Waals surface area contributed by atoms with Crippen molar-refractivity contribution in [3.63, 3.8) is 0 Å². The molecular weight excluding hydrogens is 519 g/mol. The van der Waals surface area contributed by atoms with E-state index in [0.29, 0.717) is 34.7 Å². The first kappa shape index (κ1) is 29.3. The molecule has 1 aliphatic heterocycles. The SMILES string of the molecule is COc1cc(C(C#N)(CCCN2CCC(c3c(C)oc4cc(F)ccc34)CC2)C2CCCCC2)cc(OC)c1OC. The number of hydrogen-bond acceptors (Lipinski definition) is 6. The number of rotatable bonds is 10. The molecule has 0 spiro atoms. The van der Waals surface area contributed by atoms with Crippen molar-refractivity contribution in [3.05, 3.63) is 53.0 Å². The van der Waals surface area contributed by atoms with Crippen molar-refractivity contribution in [2.45, 2.75) is 76.0 Å². The minimum Gasteiger partial charge on any atom is -0.493 e. The Morgan fingerprint density at radius 1 is 0.976 bits per heavy atom. The first-order chi connectivity index (χ1) is 19.9. The van der Waals surface area contributed by atoms with Crippen LogP contribution in [0, 0.1) is 30.0 Å². The highest BCUT2D eigenvalue weighted by atomic mass is 19.1. The molecule has 0 bridgehead atoms. The van der Waals surface area contributed by atoms with E-state index in [-0.39, 0.29) is 5.82 Å². The molecule has 0 amide bonds. The molecule has 1 aliphatic carbocycles. The van der Waals surface area contributed by atoms with Crippen molar-refractivity contribution in [2.75, 3.05) is 41.0 Å². The second-order valence-electron chi connectivity index (χ2n) is 11.8. The summed E-state index contributed by atoms with van der Waals surface area (Å²) in [7, 11) is 4.87. The number of nitriles is 1. The van der Waals surface area contributed by atoms with Gasteiger partial charge in [0.15, 0.2) is 11.5 Å². The van der Waals surface area contributed by atoms with Crippen LogP contribution in [0.25, 0.3) is 11.0 Å². The Labute approximate surface area is 243 Å². The summed E-state index contributed by atoms with van der Waals surface area (Å²) < 4.78 is 36.6. The summed E-state index contributed by atoms with van der Waals surface area (Å²) in [5, 5.41) is 11.9. The molecule has 6 nitrogen and oxygen atoms in total. The Hall–Kier alpha value is -3.24. The number of aryl methyl sites for hydroxylation is 1. The fourth-order valence-electron chi connectivity index (χ4n) is 7.48. The molecule has 220 valence electrons. The third kappa shape index (κ3) is 5.77. The lowest BCUT2D eigenvalue weighted by Gasteiger charge is -2.39. The monoisotopic (exact) mass is 562 g/mol. The molecule has 2 aromatic carbocycles. The van der Waals surface area contributed by atoms with Crippen LogP contribution in [-0.2, 0) is 5.41 Å². The molecule has 0 radical (unpaired) electrons. The van der Waals surface area contributed by atoms with Crippen LogP contribution in [0.2, 0.25) is 0 Å². The van der Waals surface area contributed by atoms with E-state index in [9.17, 15) is 9.65 Å². The van der Waals surface area contributed by atoms with E-state index in [0.717, 1.165) is 74.9 Å². The third-order valence-electron chi connectivity index (χ3n) is 9.60. The number of piperidine rings is 1. The summed E-state index contributed by atoms with van der Waals surface area (Å²) >= 11 is 0. The van der Waals surface area contributed by atoms with Crippen LogP contribution < -0.4 is 14.2 Å². The summed E-state index contributed by atoms with van der Waals surface area (Å²) in [6.07, 6.45) is 9.54. The van der Waals surface area contributed by atoms with Crippen molar-refractivity contribution >= 4 is 11.0 Å². The minimum atomic E-state index is -0.604. The zero-order valence-corrected chi connectivity index (χ0v) is 24.9. The second-order valence-corrected chi connectivity index (χ2v) is 11.8. The Balaban J connectivity index is 1.30. The molecule has 5 rings (SSSR count). The van der Waals surface area contributed by atoms with Gasteiger partial charge in [-0.15, -0.1) is 0 Å². The van der Waals surface area contributed by atoms with Crippen LogP contribution in [0.15, 0.2) is 34.7 Å². The van der Waals surface area contributed by atoms with Gasteiger partial charge in [0.1, 0.15) is 17.2 Å². The van der Waals surface area contributed by atoms with Gasteiger partial charge in [-0.05, 0) is 107 Å². The van der Waals surface area contributed by atoms with Crippen molar-refractivity contribution < 1.29 is 23.0 Å². The van der Waals surface area contributed by atoms with E-state index in [4.69, 9.17) is 18.6 Å². The predicted octanol–water partition coefficient (Wildman–Crippen LogP) is 7.91. The van der Waals surface area contributed by atoms with Gasteiger partial charge in [0.2, 0.25) is 5.75 Å². The minimum absolute atomic E-state index is 0.263. The highest BCUT2D eigenvalue weighted by Crippen LogP contribution is 2.49. The average molecular weight is 563 g/mol. The Morgan fingerprint density at radius 3 is 2.27 bits per heavy atom. The van der Waals surface area contributed by atoms with Crippen molar-refractivity contribution in [1.82, 2.24) is 4.90 Å². The van der Waals surface area contributed by atoms with Gasteiger partial charge in [-0.3, -0.25) is 0 Å². The van der Waals surface area contributed by atoms with Crippen molar-refractivity contribution in [3.8, 4) is 23.3 Å². The number of methoxy groups -OCH3 is 3. The van der Waals surface area contributed by atoms with Gasteiger partial charge in [-0.2, -0.15) is 5.26 Å².